The molecule has 2 rings (SSSR count). The van der Waals surface area contributed by atoms with Gasteiger partial charge in [0.25, 0.3) is 0 Å². The summed E-state index contributed by atoms with van der Waals surface area (Å²) < 4.78 is 0. The molecule has 0 radical (unpaired) electrons. The fourth-order valence-electron chi connectivity index (χ4n) is 3.52. The normalized spacial score (nSPS) is 35.0. The van der Waals surface area contributed by atoms with E-state index in [0.717, 1.165) is 12.5 Å². The van der Waals surface area contributed by atoms with E-state index in [-0.39, 0.29) is 18.4 Å². The highest BCUT2D eigenvalue weighted by atomic mass is 16.2. The van der Waals surface area contributed by atoms with Gasteiger partial charge in [0.15, 0.2) is 0 Å². The number of carbonyl (C=O) groups excluding carboxylic acids is 2. The molecule has 2 aliphatic rings. The lowest BCUT2D eigenvalue weighted by molar-refractivity contribution is -0.150. The van der Waals surface area contributed by atoms with Crippen molar-refractivity contribution in [2.75, 3.05) is 13.1 Å². The lowest BCUT2D eigenvalue weighted by Crippen LogP contribution is -2.65. The van der Waals surface area contributed by atoms with Gasteiger partial charge in [-0.3, -0.25) is 9.59 Å². The summed E-state index contributed by atoms with van der Waals surface area (Å²) in [7, 11) is 0. The van der Waals surface area contributed by atoms with E-state index in [9.17, 15) is 9.59 Å². The van der Waals surface area contributed by atoms with Gasteiger partial charge in [-0.05, 0) is 38.0 Å². The molecule has 0 aromatic carbocycles. The molecular formula is C16H28N2O2. The zero-order valence-electron chi connectivity index (χ0n) is 13.1. The molecule has 2 fully saturated rings. The number of amides is 2. The molecule has 114 valence electrons. The molecule has 1 saturated carbocycles. The summed E-state index contributed by atoms with van der Waals surface area (Å²) in [4.78, 5) is 26.1. The van der Waals surface area contributed by atoms with Gasteiger partial charge < -0.3 is 10.2 Å². The van der Waals surface area contributed by atoms with Crippen molar-refractivity contribution < 1.29 is 9.59 Å². The molecule has 0 aromatic rings. The fourth-order valence-corrected chi connectivity index (χ4v) is 3.52. The molecule has 1 aliphatic carbocycles. The fraction of sp³-hybridized carbons (Fsp3) is 0.875. The van der Waals surface area contributed by atoms with Crippen LogP contribution in [-0.2, 0) is 9.59 Å². The minimum atomic E-state index is -0.698. The van der Waals surface area contributed by atoms with Crippen LogP contribution in [0.15, 0.2) is 0 Å². The Labute approximate surface area is 122 Å². The largest absolute Gasteiger partial charge is 0.340 e. The number of hydrogen-bond donors (Lipinski definition) is 1. The Morgan fingerprint density at radius 2 is 1.75 bits per heavy atom. The number of nitrogens with one attached hydrogen (secondary N) is 1. The van der Waals surface area contributed by atoms with Crippen LogP contribution >= 0.6 is 0 Å². The molecule has 4 heteroatoms. The smallest absolute Gasteiger partial charge is 0.248 e. The Bertz CT molecular complexity index is 375. The number of nitrogens with zero attached hydrogens (tertiary/aromatic N) is 1. The zero-order valence-corrected chi connectivity index (χ0v) is 13.1. The van der Waals surface area contributed by atoms with Gasteiger partial charge in [-0.2, -0.15) is 0 Å². The van der Waals surface area contributed by atoms with Gasteiger partial charge in [-0.15, -0.1) is 0 Å². The van der Waals surface area contributed by atoms with E-state index in [1.54, 1.807) is 4.90 Å². The van der Waals surface area contributed by atoms with Crippen LogP contribution < -0.4 is 5.32 Å². The number of hydrogen-bond acceptors (Lipinski definition) is 2. The summed E-state index contributed by atoms with van der Waals surface area (Å²) >= 11 is 0. The van der Waals surface area contributed by atoms with Crippen molar-refractivity contribution in [3.8, 4) is 0 Å². The van der Waals surface area contributed by atoms with E-state index in [2.05, 4.69) is 12.2 Å². The minimum Gasteiger partial charge on any atom is -0.340 e. The van der Waals surface area contributed by atoms with Crippen molar-refractivity contribution in [2.24, 2.45) is 11.8 Å². The summed E-state index contributed by atoms with van der Waals surface area (Å²) in [5, 5.41) is 2.85. The zero-order chi connectivity index (χ0) is 14.8. The minimum absolute atomic E-state index is 0.0174. The number of rotatable bonds is 4. The van der Waals surface area contributed by atoms with Crippen LogP contribution in [0.4, 0.5) is 0 Å². The monoisotopic (exact) mass is 280 g/mol. The average molecular weight is 280 g/mol. The van der Waals surface area contributed by atoms with Crippen LogP contribution in [0.25, 0.3) is 0 Å². The molecule has 2 amide bonds. The van der Waals surface area contributed by atoms with Crippen LogP contribution in [0.1, 0.15) is 59.3 Å². The SMILES string of the molecule is CCC1CCC(CN2CC(=O)NC(C)(CC)C2=O)CC1. The van der Waals surface area contributed by atoms with Crippen LogP contribution in [0.2, 0.25) is 0 Å². The summed E-state index contributed by atoms with van der Waals surface area (Å²) in [5.41, 5.74) is -0.698. The first-order chi connectivity index (χ1) is 9.48. The summed E-state index contributed by atoms with van der Waals surface area (Å²) in [5.74, 6) is 1.52. The highest BCUT2D eigenvalue weighted by Crippen LogP contribution is 2.31. The standard InChI is InChI=1S/C16H28N2O2/c1-4-12-6-8-13(9-7-12)10-18-11-14(19)17-16(3,5-2)15(18)20/h12-13H,4-11H2,1-3H3,(H,17,19). The Morgan fingerprint density at radius 3 is 2.30 bits per heavy atom. The predicted molar refractivity (Wildman–Crippen MR) is 79.2 cm³/mol. The van der Waals surface area contributed by atoms with Crippen LogP contribution in [-0.4, -0.2) is 35.3 Å². The van der Waals surface area contributed by atoms with Crippen molar-refractivity contribution in [1.82, 2.24) is 10.2 Å². The van der Waals surface area contributed by atoms with E-state index in [4.69, 9.17) is 0 Å². The number of carbonyl (C=O) groups is 2. The first kappa shape index (κ1) is 15.3. The molecule has 1 aliphatic heterocycles. The van der Waals surface area contributed by atoms with Gasteiger partial charge in [0.1, 0.15) is 5.54 Å². The third kappa shape index (κ3) is 3.15. The van der Waals surface area contributed by atoms with Crippen LogP contribution in [0.5, 0.6) is 0 Å². The Hall–Kier alpha value is -1.06. The second kappa shape index (κ2) is 6.15. The Balaban J connectivity index is 1.95. The van der Waals surface area contributed by atoms with Crippen molar-refractivity contribution in [2.45, 2.75) is 64.8 Å². The topological polar surface area (TPSA) is 49.4 Å². The summed E-state index contributed by atoms with van der Waals surface area (Å²) in [6.45, 7) is 7.05. The van der Waals surface area contributed by atoms with Crippen molar-refractivity contribution in [1.29, 1.82) is 0 Å². The lowest BCUT2D eigenvalue weighted by atomic mass is 9.80. The van der Waals surface area contributed by atoms with Gasteiger partial charge in [0, 0.05) is 6.54 Å². The third-order valence-corrected chi connectivity index (χ3v) is 5.24. The maximum Gasteiger partial charge on any atom is 0.248 e. The van der Waals surface area contributed by atoms with Gasteiger partial charge >= 0.3 is 0 Å². The number of piperazine rings is 1. The highest BCUT2D eigenvalue weighted by molar-refractivity contribution is 5.97. The first-order valence-corrected chi connectivity index (χ1v) is 8.09. The van der Waals surface area contributed by atoms with E-state index < -0.39 is 5.54 Å². The van der Waals surface area contributed by atoms with Gasteiger partial charge in [0.05, 0.1) is 6.54 Å². The highest BCUT2D eigenvalue weighted by Gasteiger charge is 2.42. The molecule has 0 spiro atoms. The van der Waals surface area contributed by atoms with E-state index in [0.29, 0.717) is 12.3 Å². The van der Waals surface area contributed by atoms with Gasteiger partial charge in [-0.1, -0.05) is 33.1 Å². The molecule has 1 unspecified atom stereocenters. The van der Waals surface area contributed by atoms with Crippen LogP contribution in [0.3, 0.4) is 0 Å². The van der Waals surface area contributed by atoms with Gasteiger partial charge in [0.2, 0.25) is 11.8 Å². The molecule has 4 nitrogen and oxygen atoms in total. The molecule has 0 aromatic heterocycles. The van der Waals surface area contributed by atoms with Gasteiger partial charge in [-0.25, -0.2) is 0 Å². The van der Waals surface area contributed by atoms with Crippen molar-refractivity contribution in [3.63, 3.8) is 0 Å². The Kier molecular flexibility index (Phi) is 4.71. The molecular weight excluding hydrogens is 252 g/mol. The third-order valence-electron chi connectivity index (χ3n) is 5.24. The molecule has 1 heterocycles. The van der Waals surface area contributed by atoms with E-state index >= 15 is 0 Å². The maximum absolute atomic E-state index is 12.5. The second-order valence-corrected chi connectivity index (χ2v) is 6.71. The first-order valence-electron chi connectivity index (χ1n) is 8.09. The predicted octanol–water partition coefficient (Wildman–Crippen LogP) is 2.33. The second-order valence-electron chi connectivity index (χ2n) is 6.71. The average Bonchev–Trinajstić information content (AvgIpc) is 2.45. The lowest BCUT2D eigenvalue weighted by Gasteiger charge is -2.41. The summed E-state index contributed by atoms with van der Waals surface area (Å²) in [6, 6.07) is 0. The Morgan fingerprint density at radius 1 is 1.15 bits per heavy atom. The van der Waals surface area contributed by atoms with Crippen LogP contribution in [0, 0.1) is 11.8 Å². The maximum atomic E-state index is 12.5. The molecule has 1 saturated heterocycles. The molecule has 1 N–H and O–H groups in total. The quantitative estimate of drug-likeness (QED) is 0.859. The van der Waals surface area contributed by atoms with E-state index in [1.807, 2.05) is 13.8 Å². The van der Waals surface area contributed by atoms with Crippen molar-refractivity contribution in [3.05, 3.63) is 0 Å². The summed E-state index contributed by atoms with van der Waals surface area (Å²) in [6.07, 6.45) is 6.88. The molecule has 1 atom stereocenters. The van der Waals surface area contributed by atoms with E-state index in [1.165, 1.54) is 32.1 Å². The molecule has 0 bridgehead atoms. The van der Waals surface area contributed by atoms with Crippen molar-refractivity contribution >= 4 is 11.8 Å². The molecule has 20 heavy (non-hydrogen) atoms.